The van der Waals surface area contributed by atoms with Crippen LogP contribution in [0.5, 0.6) is 0 Å². The third-order valence-corrected chi connectivity index (χ3v) is 2.18. The van der Waals surface area contributed by atoms with E-state index in [4.69, 9.17) is 4.74 Å². The van der Waals surface area contributed by atoms with Crippen molar-refractivity contribution in [1.82, 2.24) is 0 Å². The minimum Gasteiger partial charge on any atom is -0.499 e. The van der Waals surface area contributed by atoms with Gasteiger partial charge in [0.1, 0.15) is 5.76 Å². The fraction of sp³-hybridized carbons (Fsp3) is 0.500. The first kappa shape index (κ1) is 9.04. The van der Waals surface area contributed by atoms with E-state index in [0.717, 1.165) is 11.5 Å². The molecule has 2 nitrogen and oxygen atoms in total. The van der Waals surface area contributed by atoms with E-state index in [9.17, 15) is 0 Å². The minimum absolute atomic E-state index is 0.344. The van der Waals surface area contributed by atoms with E-state index >= 15 is 0 Å². The standard InChI is InChI=1S/C10H15NO/c1-7-5-8(2)11-6-10(12-4)9(7)3/h5-6,9H,1-4H3. The summed E-state index contributed by atoms with van der Waals surface area (Å²) in [5.74, 6) is 1.27. The molecule has 0 aromatic heterocycles. The Morgan fingerprint density at radius 1 is 1.42 bits per heavy atom. The second kappa shape index (κ2) is 3.57. The van der Waals surface area contributed by atoms with Crippen LogP contribution in [-0.4, -0.2) is 12.8 Å². The smallest absolute Gasteiger partial charge is 0.121 e. The fourth-order valence-electron chi connectivity index (χ4n) is 1.22. The lowest BCUT2D eigenvalue weighted by Crippen LogP contribution is -2.02. The third-order valence-electron chi connectivity index (χ3n) is 2.18. The Hall–Kier alpha value is -1.05. The number of rotatable bonds is 1. The average molecular weight is 165 g/mol. The molecule has 2 heteroatoms. The highest BCUT2D eigenvalue weighted by molar-refractivity contribution is 5.94. The molecule has 1 aliphatic rings. The van der Waals surface area contributed by atoms with E-state index in [-0.39, 0.29) is 0 Å². The maximum Gasteiger partial charge on any atom is 0.121 e. The van der Waals surface area contributed by atoms with Crippen LogP contribution < -0.4 is 0 Å². The Morgan fingerprint density at radius 2 is 2.08 bits per heavy atom. The highest BCUT2D eigenvalue weighted by Crippen LogP contribution is 2.22. The number of aliphatic imine (C=N–C) groups is 1. The topological polar surface area (TPSA) is 21.6 Å². The molecule has 12 heavy (non-hydrogen) atoms. The maximum absolute atomic E-state index is 5.22. The summed E-state index contributed by atoms with van der Waals surface area (Å²) in [5.41, 5.74) is 2.33. The molecule has 0 fully saturated rings. The number of methoxy groups -OCH3 is 1. The molecule has 0 radical (unpaired) electrons. The summed E-state index contributed by atoms with van der Waals surface area (Å²) in [6.07, 6.45) is 3.89. The zero-order valence-electron chi connectivity index (χ0n) is 8.09. The molecular formula is C10H15NO. The van der Waals surface area contributed by atoms with Crippen molar-refractivity contribution in [3.05, 3.63) is 23.6 Å². The summed E-state index contributed by atoms with van der Waals surface area (Å²) in [6.45, 7) is 6.21. The van der Waals surface area contributed by atoms with E-state index < -0.39 is 0 Å². The first-order valence-corrected chi connectivity index (χ1v) is 4.11. The van der Waals surface area contributed by atoms with Gasteiger partial charge in [0.15, 0.2) is 0 Å². The van der Waals surface area contributed by atoms with Gasteiger partial charge in [0, 0.05) is 11.6 Å². The molecule has 0 saturated heterocycles. The second-order valence-electron chi connectivity index (χ2n) is 3.12. The Kier molecular flexibility index (Phi) is 2.69. The van der Waals surface area contributed by atoms with Crippen molar-refractivity contribution in [2.75, 3.05) is 7.11 Å². The number of allylic oxidation sites excluding steroid dienone is 2. The number of ether oxygens (including phenoxy) is 1. The molecule has 0 N–H and O–H groups in total. The van der Waals surface area contributed by atoms with E-state index in [2.05, 4.69) is 24.9 Å². The Morgan fingerprint density at radius 3 is 2.67 bits per heavy atom. The summed E-state index contributed by atoms with van der Waals surface area (Å²) in [7, 11) is 1.69. The van der Waals surface area contributed by atoms with Crippen molar-refractivity contribution in [1.29, 1.82) is 0 Å². The van der Waals surface area contributed by atoms with E-state index in [1.165, 1.54) is 5.57 Å². The predicted octanol–water partition coefficient (Wildman–Crippen LogP) is 2.53. The van der Waals surface area contributed by atoms with E-state index in [1.807, 2.05) is 6.92 Å². The van der Waals surface area contributed by atoms with Crippen LogP contribution in [-0.2, 0) is 4.74 Å². The molecule has 1 unspecified atom stereocenters. The van der Waals surface area contributed by atoms with Gasteiger partial charge >= 0.3 is 0 Å². The Bertz CT molecular complexity index is 261. The summed E-state index contributed by atoms with van der Waals surface area (Å²) in [4.78, 5) is 4.23. The lowest BCUT2D eigenvalue weighted by atomic mass is 10.0. The third kappa shape index (κ3) is 1.76. The summed E-state index contributed by atoms with van der Waals surface area (Å²) in [5, 5.41) is 0. The zero-order chi connectivity index (χ0) is 9.14. The van der Waals surface area contributed by atoms with Crippen LogP contribution in [0.25, 0.3) is 0 Å². The molecule has 0 aromatic carbocycles. The molecule has 0 aromatic rings. The molecule has 1 atom stereocenters. The molecule has 0 bridgehead atoms. The molecular weight excluding hydrogens is 150 g/mol. The van der Waals surface area contributed by atoms with Gasteiger partial charge in [0.2, 0.25) is 0 Å². The quantitative estimate of drug-likeness (QED) is 0.585. The molecule has 1 rings (SSSR count). The highest BCUT2D eigenvalue weighted by atomic mass is 16.5. The first-order chi connectivity index (χ1) is 5.65. The molecule has 0 saturated carbocycles. The van der Waals surface area contributed by atoms with Crippen LogP contribution in [0.1, 0.15) is 20.8 Å². The van der Waals surface area contributed by atoms with Crippen LogP contribution in [0, 0.1) is 5.92 Å². The van der Waals surface area contributed by atoms with Gasteiger partial charge in [0.05, 0.1) is 13.3 Å². The highest BCUT2D eigenvalue weighted by Gasteiger charge is 2.13. The van der Waals surface area contributed by atoms with Crippen molar-refractivity contribution < 1.29 is 4.74 Å². The summed E-state index contributed by atoms with van der Waals surface area (Å²) < 4.78 is 5.22. The van der Waals surface area contributed by atoms with Crippen LogP contribution >= 0.6 is 0 Å². The summed E-state index contributed by atoms with van der Waals surface area (Å²) in [6, 6.07) is 0. The van der Waals surface area contributed by atoms with Crippen molar-refractivity contribution >= 4 is 5.71 Å². The van der Waals surface area contributed by atoms with Crippen LogP contribution in [0.4, 0.5) is 0 Å². The summed E-state index contributed by atoms with van der Waals surface area (Å²) >= 11 is 0. The number of hydrogen-bond acceptors (Lipinski definition) is 2. The lowest BCUT2D eigenvalue weighted by Gasteiger charge is -2.12. The second-order valence-corrected chi connectivity index (χ2v) is 3.12. The number of nitrogens with zero attached hydrogens (tertiary/aromatic N) is 1. The van der Waals surface area contributed by atoms with Crippen molar-refractivity contribution in [2.45, 2.75) is 20.8 Å². The average Bonchev–Trinajstić information content (AvgIpc) is 2.14. The Labute approximate surface area is 73.6 Å². The van der Waals surface area contributed by atoms with Gasteiger partial charge in [-0.25, -0.2) is 0 Å². The van der Waals surface area contributed by atoms with Crippen LogP contribution in [0.2, 0.25) is 0 Å². The van der Waals surface area contributed by atoms with Gasteiger partial charge in [-0.1, -0.05) is 12.5 Å². The molecule has 1 aliphatic heterocycles. The lowest BCUT2D eigenvalue weighted by molar-refractivity contribution is 0.257. The predicted molar refractivity (Wildman–Crippen MR) is 51.1 cm³/mol. The van der Waals surface area contributed by atoms with Crippen molar-refractivity contribution in [2.24, 2.45) is 10.9 Å². The van der Waals surface area contributed by atoms with E-state index in [1.54, 1.807) is 13.3 Å². The molecule has 66 valence electrons. The minimum atomic E-state index is 0.344. The molecule has 0 spiro atoms. The first-order valence-electron chi connectivity index (χ1n) is 4.11. The molecule has 0 amide bonds. The van der Waals surface area contributed by atoms with Gasteiger partial charge in [-0.3, -0.25) is 4.99 Å². The fourth-order valence-corrected chi connectivity index (χ4v) is 1.22. The van der Waals surface area contributed by atoms with E-state index in [0.29, 0.717) is 5.92 Å². The molecule has 0 aliphatic carbocycles. The SMILES string of the molecule is COC1=CN=C(C)C=C(C)C1C. The van der Waals surface area contributed by atoms with Crippen LogP contribution in [0.3, 0.4) is 0 Å². The van der Waals surface area contributed by atoms with Gasteiger partial charge in [-0.05, 0) is 19.9 Å². The Balaban J connectivity index is 3.00. The zero-order valence-corrected chi connectivity index (χ0v) is 8.09. The van der Waals surface area contributed by atoms with Gasteiger partial charge in [-0.2, -0.15) is 0 Å². The monoisotopic (exact) mass is 165 g/mol. The molecule has 1 heterocycles. The van der Waals surface area contributed by atoms with Gasteiger partial charge in [-0.15, -0.1) is 0 Å². The van der Waals surface area contributed by atoms with Gasteiger partial charge < -0.3 is 4.74 Å². The normalized spacial score (nSPS) is 23.7. The number of hydrogen-bond donors (Lipinski definition) is 0. The van der Waals surface area contributed by atoms with Crippen LogP contribution in [0.15, 0.2) is 28.6 Å². The van der Waals surface area contributed by atoms with Crippen molar-refractivity contribution in [3.8, 4) is 0 Å². The van der Waals surface area contributed by atoms with Crippen molar-refractivity contribution in [3.63, 3.8) is 0 Å². The maximum atomic E-state index is 5.22. The largest absolute Gasteiger partial charge is 0.499 e. The van der Waals surface area contributed by atoms with Gasteiger partial charge in [0.25, 0.3) is 0 Å².